The van der Waals surface area contributed by atoms with Gasteiger partial charge in [-0.2, -0.15) is 17.2 Å². The fourth-order valence-corrected chi connectivity index (χ4v) is 5.71. The second-order valence-electron chi connectivity index (χ2n) is 7.76. The molecular formula is C24H19F4NO8S2. The second kappa shape index (κ2) is 11.5. The lowest BCUT2D eigenvalue weighted by Gasteiger charge is -2.26. The molecule has 9 nitrogen and oxygen atoms in total. The summed E-state index contributed by atoms with van der Waals surface area (Å²) >= 11 is 1.37. The van der Waals surface area contributed by atoms with Gasteiger partial charge in [-0.15, -0.1) is 21.1 Å². The molecule has 1 aliphatic rings. The number of nitrogens with zero attached hydrogens (tertiary/aromatic N) is 1. The zero-order valence-electron chi connectivity index (χ0n) is 20.3. The monoisotopic (exact) mass is 589 g/mol. The SMILES string of the molecule is CCOCOCCSc1ccc2c3c(cccc13)C(=O)N(OS(=O)(=O)c1c(F)c(F)c(OC)c(F)c1F)C2=O. The van der Waals surface area contributed by atoms with E-state index in [0.29, 0.717) is 36.4 Å². The van der Waals surface area contributed by atoms with Crippen LogP contribution in [0.4, 0.5) is 17.6 Å². The third-order valence-corrected chi connectivity index (χ3v) is 7.74. The summed E-state index contributed by atoms with van der Waals surface area (Å²) < 4.78 is 102. The lowest BCUT2D eigenvalue weighted by Crippen LogP contribution is -2.42. The van der Waals surface area contributed by atoms with Crippen LogP contribution in [0.2, 0.25) is 0 Å². The Morgan fingerprint density at radius 1 is 0.897 bits per heavy atom. The zero-order valence-corrected chi connectivity index (χ0v) is 21.9. The van der Waals surface area contributed by atoms with Gasteiger partial charge >= 0.3 is 10.1 Å². The van der Waals surface area contributed by atoms with Gasteiger partial charge in [-0.1, -0.05) is 12.1 Å². The van der Waals surface area contributed by atoms with E-state index in [0.717, 1.165) is 0 Å². The molecule has 0 saturated heterocycles. The van der Waals surface area contributed by atoms with E-state index in [2.05, 4.69) is 9.02 Å². The molecule has 1 heterocycles. The van der Waals surface area contributed by atoms with Crippen molar-refractivity contribution in [2.45, 2.75) is 16.7 Å². The van der Waals surface area contributed by atoms with Crippen molar-refractivity contribution in [2.75, 3.05) is 32.9 Å². The van der Waals surface area contributed by atoms with Crippen LogP contribution in [0.1, 0.15) is 27.6 Å². The third-order valence-electron chi connectivity index (χ3n) is 5.50. The number of carbonyl (C=O) groups is 2. The summed E-state index contributed by atoms with van der Waals surface area (Å²) in [6.45, 7) is 2.81. The summed E-state index contributed by atoms with van der Waals surface area (Å²) in [5.41, 5.74) is -0.305. The van der Waals surface area contributed by atoms with Crippen LogP contribution in [0.15, 0.2) is 40.1 Å². The highest BCUT2D eigenvalue weighted by Crippen LogP contribution is 2.38. The van der Waals surface area contributed by atoms with Crippen molar-refractivity contribution in [1.82, 2.24) is 5.06 Å². The summed E-state index contributed by atoms with van der Waals surface area (Å²) in [7, 11) is -5.09. The lowest BCUT2D eigenvalue weighted by molar-refractivity contribution is -0.0435. The average Bonchev–Trinajstić information content (AvgIpc) is 2.91. The highest BCUT2D eigenvalue weighted by atomic mass is 32.2. The van der Waals surface area contributed by atoms with Crippen molar-refractivity contribution in [3.05, 3.63) is 64.7 Å². The summed E-state index contributed by atoms with van der Waals surface area (Å²) in [4.78, 5) is 24.7. The van der Waals surface area contributed by atoms with Crippen LogP contribution in [0.5, 0.6) is 5.75 Å². The van der Waals surface area contributed by atoms with E-state index in [4.69, 9.17) is 9.47 Å². The van der Waals surface area contributed by atoms with E-state index in [1.165, 1.54) is 30.0 Å². The van der Waals surface area contributed by atoms with Crippen molar-refractivity contribution in [2.24, 2.45) is 0 Å². The van der Waals surface area contributed by atoms with Crippen LogP contribution in [0.3, 0.4) is 0 Å². The predicted octanol–water partition coefficient (Wildman–Crippen LogP) is 4.42. The smallest absolute Gasteiger partial charge is 0.324 e. The number of rotatable bonds is 11. The molecule has 0 saturated carbocycles. The van der Waals surface area contributed by atoms with Crippen molar-refractivity contribution in [1.29, 1.82) is 0 Å². The molecule has 15 heteroatoms. The maximum atomic E-state index is 14.5. The van der Waals surface area contributed by atoms with Crippen LogP contribution in [-0.2, 0) is 23.9 Å². The topological polar surface area (TPSA) is 108 Å². The molecule has 0 fully saturated rings. The first kappa shape index (κ1) is 28.8. The second-order valence-corrected chi connectivity index (χ2v) is 10.4. The summed E-state index contributed by atoms with van der Waals surface area (Å²) in [6.07, 6.45) is 0. The third kappa shape index (κ3) is 5.19. The number of halogens is 4. The molecule has 4 rings (SSSR count). The number of amides is 2. The van der Waals surface area contributed by atoms with Gasteiger partial charge in [0.1, 0.15) is 6.79 Å². The zero-order chi connectivity index (χ0) is 28.5. The quantitative estimate of drug-likeness (QED) is 0.0802. The molecule has 3 aromatic carbocycles. The first-order valence-corrected chi connectivity index (χ1v) is 13.5. The number of benzene rings is 3. The Balaban J connectivity index is 1.67. The Morgan fingerprint density at radius 2 is 1.54 bits per heavy atom. The van der Waals surface area contributed by atoms with Gasteiger partial charge in [0.05, 0.1) is 24.8 Å². The Bertz CT molecular complexity index is 1530. The highest BCUT2D eigenvalue weighted by molar-refractivity contribution is 7.99. The molecule has 0 spiro atoms. The standard InChI is InChI=1S/C24H19F4NO8S2/c1-3-35-11-36-9-10-38-15-8-7-14-16-12(15)5-4-6-13(16)23(30)29(24(14)31)37-39(32,33)22-19(27)17(25)21(34-2)18(26)20(22)28/h4-8H,3,9-11H2,1-2H3. The molecule has 0 unspecified atom stereocenters. The average molecular weight is 590 g/mol. The predicted molar refractivity (Wildman–Crippen MR) is 129 cm³/mol. The van der Waals surface area contributed by atoms with E-state index in [9.17, 15) is 35.6 Å². The number of carbonyl (C=O) groups excluding carboxylic acids is 2. The largest absolute Gasteiger partial charge is 0.491 e. The summed E-state index contributed by atoms with van der Waals surface area (Å²) in [5.74, 6) is -12.6. The highest BCUT2D eigenvalue weighted by Gasteiger charge is 2.41. The molecule has 0 atom stereocenters. The molecule has 0 aromatic heterocycles. The van der Waals surface area contributed by atoms with E-state index in [1.807, 2.05) is 6.92 Å². The Morgan fingerprint density at radius 3 is 2.15 bits per heavy atom. The van der Waals surface area contributed by atoms with Crippen LogP contribution >= 0.6 is 11.8 Å². The van der Waals surface area contributed by atoms with Gasteiger partial charge in [0.15, 0.2) is 22.3 Å². The van der Waals surface area contributed by atoms with Gasteiger partial charge in [-0.25, -0.2) is 8.78 Å². The minimum atomic E-state index is -5.79. The van der Waals surface area contributed by atoms with E-state index >= 15 is 0 Å². The number of imide groups is 1. The van der Waals surface area contributed by atoms with Gasteiger partial charge in [0.2, 0.25) is 11.6 Å². The maximum absolute atomic E-state index is 14.5. The van der Waals surface area contributed by atoms with Crippen LogP contribution < -0.4 is 4.74 Å². The molecule has 39 heavy (non-hydrogen) atoms. The van der Waals surface area contributed by atoms with Gasteiger partial charge in [-0.05, 0) is 30.5 Å². The molecule has 0 N–H and O–H groups in total. The van der Waals surface area contributed by atoms with Crippen molar-refractivity contribution < 1.29 is 54.1 Å². The molecule has 0 aliphatic carbocycles. The Labute approximate surface area is 223 Å². The van der Waals surface area contributed by atoms with Crippen molar-refractivity contribution >= 4 is 44.5 Å². The lowest BCUT2D eigenvalue weighted by atomic mass is 9.95. The van der Waals surface area contributed by atoms with Gasteiger partial charge in [-0.3, -0.25) is 9.59 Å². The molecule has 0 bridgehead atoms. The molecule has 0 radical (unpaired) electrons. The molecular weight excluding hydrogens is 570 g/mol. The first-order chi connectivity index (χ1) is 18.5. The van der Waals surface area contributed by atoms with Crippen LogP contribution in [0.25, 0.3) is 10.8 Å². The Hall–Kier alpha value is -3.24. The molecule has 2 amide bonds. The molecule has 3 aromatic rings. The van der Waals surface area contributed by atoms with E-state index in [-0.39, 0.29) is 28.4 Å². The number of thioether (sulfide) groups is 1. The fourth-order valence-electron chi connectivity index (χ4n) is 3.78. The van der Waals surface area contributed by atoms with Gasteiger partial charge < -0.3 is 14.2 Å². The number of hydrogen-bond donors (Lipinski definition) is 0. The van der Waals surface area contributed by atoms with Crippen LogP contribution in [-0.4, -0.2) is 58.2 Å². The van der Waals surface area contributed by atoms with E-state index in [1.54, 1.807) is 12.1 Å². The van der Waals surface area contributed by atoms with Crippen molar-refractivity contribution in [3.8, 4) is 5.75 Å². The Kier molecular flexibility index (Phi) is 8.46. The summed E-state index contributed by atoms with van der Waals surface area (Å²) in [6, 6.07) is 7.29. The number of ether oxygens (including phenoxy) is 3. The van der Waals surface area contributed by atoms with Crippen molar-refractivity contribution in [3.63, 3.8) is 0 Å². The number of methoxy groups -OCH3 is 1. The molecule has 208 valence electrons. The summed E-state index contributed by atoms with van der Waals surface area (Å²) in [5, 5.41) is 0.462. The minimum absolute atomic E-state index is 0.131. The first-order valence-electron chi connectivity index (χ1n) is 11.1. The number of hydrogen-bond acceptors (Lipinski definition) is 9. The normalized spacial score (nSPS) is 13.4. The molecule has 1 aliphatic heterocycles. The number of hydroxylamine groups is 2. The maximum Gasteiger partial charge on any atom is 0.324 e. The minimum Gasteiger partial charge on any atom is -0.491 e. The van der Waals surface area contributed by atoms with Gasteiger partial charge in [0.25, 0.3) is 11.8 Å². The fraction of sp³-hybridized carbons (Fsp3) is 0.250. The van der Waals surface area contributed by atoms with Crippen LogP contribution in [0, 0.1) is 23.3 Å². The van der Waals surface area contributed by atoms with Gasteiger partial charge in [0, 0.05) is 22.6 Å². The van der Waals surface area contributed by atoms with E-state index < -0.39 is 55.8 Å².